The van der Waals surface area contributed by atoms with Crippen LogP contribution < -0.4 is 0 Å². The summed E-state index contributed by atoms with van der Waals surface area (Å²) in [6.45, 7) is 0. The van der Waals surface area contributed by atoms with Gasteiger partial charge in [0.05, 0.1) is 22.2 Å². The number of benzene rings is 7. The van der Waals surface area contributed by atoms with Crippen LogP contribution in [0.4, 0.5) is 0 Å². The van der Waals surface area contributed by atoms with E-state index in [4.69, 9.17) is 9.97 Å². The molecule has 0 spiro atoms. The molecule has 200 valence electrons. The molecule has 0 saturated heterocycles. The molecule has 9 rings (SSSR count). The molecule has 3 nitrogen and oxygen atoms in total. The molecule has 0 aliphatic heterocycles. The van der Waals surface area contributed by atoms with E-state index in [2.05, 4.69) is 150 Å². The molecule has 0 aliphatic rings. The summed E-state index contributed by atoms with van der Waals surface area (Å²) in [5.41, 5.74) is 7.53. The minimum atomic E-state index is 0.674. The largest absolute Gasteiger partial charge is 0.277 e. The van der Waals surface area contributed by atoms with Crippen LogP contribution in [-0.2, 0) is 0 Å². The van der Waals surface area contributed by atoms with Crippen molar-refractivity contribution in [2.45, 2.75) is 0 Å². The van der Waals surface area contributed by atoms with Crippen LogP contribution in [0.1, 0.15) is 0 Å². The topological polar surface area (TPSA) is 30.7 Å². The summed E-state index contributed by atoms with van der Waals surface area (Å²) >= 11 is 0. The molecule has 9 aromatic rings. The van der Waals surface area contributed by atoms with E-state index >= 15 is 0 Å². The molecule has 2 aromatic heterocycles. The van der Waals surface area contributed by atoms with Gasteiger partial charge >= 0.3 is 0 Å². The summed E-state index contributed by atoms with van der Waals surface area (Å²) in [6, 6.07) is 53.6. The molecule has 0 atom stereocenters. The van der Waals surface area contributed by atoms with Gasteiger partial charge in [0, 0.05) is 27.1 Å². The zero-order valence-corrected chi connectivity index (χ0v) is 23.3. The van der Waals surface area contributed by atoms with Crippen LogP contribution in [0.25, 0.3) is 82.6 Å². The Hall–Kier alpha value is -5.80. The van der Waals surface area contributed by atoms with Crippen LogP contribution in [0, 0.1) is 0 Å². The number of rotatable bonds is 3. The van der Waals surface area contributed by atoms with Crippen molar-refractivity contribution in [3.8, 4) is 28.3 Å². The Morgan fingerprint density at radius 3 is 1.67 bits per heavy atom. The van der Waals surface area contributed by atoms with E-state index in [0.717, 1.165) is 33.2 Å². The van der Waals surface area contributed by atoms with Crippen molar-refractivity contribution in [1.82, 2.24) is 14.5 Å². The van der Waals surface area contributed by atoms with Gasteiger partial charge in [-0.15, -0.1) is 0 Å². The van der Waals surface area contributed by atoms with Crippen molar-refractivity contribution >= 4 is 54.3 Å². The highest BCUT2D eigenvalue weighted by Crippen LogP contribution is 2.42. The Bertz CT molecular complexity index is 2490. The third kappa shape index (κ3) is 3.62. The minimum Gasteiger partial charge on any atom is -0.277 e. The monoisotopic (exact) mass is 547 g/mol. The number of aromatic nitrogens is 3. The SMILES string of the molecule is c1ccc(-c2ccc(-c3nc(-n4c5ccccc5c5c6ccccc6c6ccccc6c54)nc4ccccc34)cc2)cc1. The summed E-state index contributed by atoms with van der Waals surface area (Å²) in [5.74, 6) is 0.674. The second-order valence-corrected chi connectivity index (χ2v) is 11.0. The van der Waals surface area contributed by atoms with E-state index in [0.29, 0.717) is 5.95 Å². The van der Waals surface area contributed by atoms with Crippen molar-refractivity contribution in [2.24, 2.45) is 0 Å². The smallest absolute Gasteiger partial charge is 0.235 e. The standard InChI is InChI=1S/C40H25N3/c1-2-12-26(13-3-1)27-22-24-28(25-23-27)38-33-18-8-10-20-35(33)41-40(42-38)43-36-21-11-9-19-34(36)37-31-16-6-4-14-29(31)30-15-5-7-17-32(30)39(37)43/h1-25H. The Balaban J connectivity index is 1.38. The van der Waals surface area contributed by atoms with E-state index in [1.807, 2.05) is 6.07 Å². The number of para-hydroxylation sites is 2. The maximum Gasteiger partial charge on any atom is 0.235 e. The third-order valence-electron chi connectivity index (χ3n) is 8.60. The molecule has 0 aliphatic carbocycles. The molecular weight excluding hydrogens is 522 g/mol. The zero-order chi connectivity index (χ0) is 28.3. The van der Waals surface area contributed by atoms with Crippen molar-refractivity contribution < 1.29 is 0 Å². The molecule has 0 fully saturated rings. The minimum absolute atomic E-state index is 0.674. The van der Waals surface area contributed by atoms with E-state index in [9.17, 15) is 0 Å². The van der Waals surface area contributed by atoms with Crippen molar-refractivity contribution in [1.29, 1.82) is 0 Å². The number of hydrogen-bond donors (Lipinski definition) is 0. The second kappa shape index (κ2) is 9.37. The quantitative estimate of drug-likeness (QED) is 0.206. The lowest BCUT2D eigenvalue weighted by Crippen LogP contribution is -2.03. The molecular formula is C40H25N3. The molecule has 2 heterocycles. The predicted octanol–water partition coefficient (Wildman–Crippen LogP) is 10.4. The van der Waals surface area contributed by atoms with Gasteiger partial charge < -0.3 is 0 Å². The summed E-state index contributed by atoms with van der Waals surface area (Å²) in [4.78, 5) is 10.6. The molecule has 0 saturated carbocycles. The highest BCUT2D eigenvalue weighted by molar-refractivity contribution is 6.32. The Morgan fingerprint density at radius 1 is 0.372 bits per heavy atom. The molecule has 43 heavy (non-hydrogen) atoms. The van der Waals surface area contributed by atoms with Crippen LogP contribution in [-0.4, -0.2) is 14.5 Å². The highest BCUT2D eigenvalue weighted by Gasteiger charge is 2.21. The molecule has 0 amide bonds. The molecule has 0 N–H and O–H groups in total. The first-order valence-electron chi connectivity index (χ1n) is 14.6. The van der Waals surface area contributed by atoms with Gasteiger partial charge in [-0.1, -0.05) is 140 Å². The molecule has 3 heteroatoms. The normalized spacial score (nSPS) is 11.7. The van der Waals surface area contributed by atoms with Gasteiger partial charge in [0.2, 0.25) is 5.95 Å². The Kier molecular flexibility index (Phi) is 5.20. The van der Waals surface area contributed by atoms with E-state index in [1.54, 1.807) is 0 Å². The molecule has 7 aromatic carbocycles. The van der Waals surface area contributed by atoms with Gasteiger partial charge in [0.1, 0.15) is 0 Å². The first-order chi connectivity index (χ1) is 21.3. The molecule has 0 unspecified atom stereocenters. The summed E-state index contributed by atoms with van der Waals surface area (Å²) in [5, 5.41) is 8.39. The molecule has 0 radical (unpaired) electrons. The summed E-state index contributed by atoms with van der Waals surface area (Å²) < 4.78 is 2.27. The van der Waals surface area contributed by atoms with Crippen molar-refractivity contribution in [3.63, 3.8) is 0 Å². The van der Waals surface area contributed by atoms with Gasteiger partial charge in [0.15, 0.2) is 0 Å². The van der Waals surface area contributed by atoms with E-state index in [-0.39, 0.29) is 0 Å². The number of hydrogen-bond acceptors (Lipinski definition) is 2. The fourth-order valence-electron chi connectivity index (χ4n) is 6.67. The van der Waals surface area contributed by atoms with E-state index < -0.39 is 0 Å². The zero-order valence-electron chi connectivity index (χ0n) is 23.3. The van der Waals surface area contributed by atoms with Gasteiger partial charge in [-0.2, -0.15) is 0 Å². The average molecular weight is 548 g/mol. The first kappa shape index (κ1) is 23.9. The second-order valence-electron chi connectivity index (χ2n) is 11.0. The van der Waals surface area contributed by atoms with Gasteiger partial charge in [-0.3, -0.25) is 4.57 Å². The maximum atomic E-state index is 5.36. The summed E-state index contributed by atoms with van der Waals surface area (Å²) in [7, 11) is 0. The van der Waals surface area contributed by atoms with Gasteiger partial charge in [-0.05, 0) is 39.4 Å². The van der Waals surface area contributed by atoms with Crippen LogP contribution >= 0.6 is 0 Å². The van der Waals surface area contributed by atoms with Crippen LogP contribution in [0.3, 0.4) is 0 Å². The van der Waals surface area contributed by atoms with Crippen LogP contribution in [0.15, 0.2) is 152 Å². The predicted molar refractivity (Wildman–Crippen MR) is 180 cm³/mol. The fraction of sp³-hybridized carbons (Fsp3) is 0. The Morgan fingerprint density at radius 2 is 0.907 bits per heavy atom. The van der Waals surface area contributed by atoms with Crippen LogP contribution in [0.5, 0.6) is 0 Å². The summed E-state index contributed by atoms with van der Waals surface area (Å²) in [6.07, 6.45) is 0. The first-order valence-corrected chi connectivity index (χ1v) is 14.6. The van der Waals surface area contributed by atoms with Gasteiger partial charge in [-0.25, -0.2) is 9.97 Å². The van der Waals surface area contributed by atoms with Crippen molar-refractivity contribution in [2.75, 3.05) is 0 Å². The highest BCUT2D eigenvalue weighted by atomic mass is 15.2. The Labute approximate surface area is 248 Å². The average Bonchev–Trinajstić information content (AvgIpc) is 3.44. The fourth-order valence-corrected chi connectivity index (χ4v) is 6.67. The third-order valence-corrected chi connectivity index (χ3v) is 8.60. The van der Waals surface area contributed by atoms with Crippen LogP contribution in [0.2, 0.25) is 0 Å². The lowest BCUT2D eigenvalue weighted by molar-refractivity contribution is 1.02. The lowest BCUT2D eigenvalue weighted by Gasteiger charge is -2.14. The number of fused-ring (bicyclic) bond motifs is 9. The van der Waals surface area contributed by atoms with Gasteiger partial charge in [0.25, 0.3) is 0 Å². The van der Waals surface area contributed by atoms with Crippen molar-refractivity contribution in [3.05, 3.63) is 152 Å². The lowest BCUT2D eigenvalue weighted by atomic mass is 9.97. The molecule has 0 bridgehead atoms. The van der Waals surface area contributed by atoms with E-state index in [1.165, 1.54) is 43.4 Å². The maximum absolute atomic E-state index is 5.36. The number of nitrogens with zero attached hydrogens (tertiary/aromatic N) is 3.